The molecule has 1 heterocycles. The van der Waals surface area contributed by atoms with Crippen LogP contribution in [0.15, 0.2) is 0 Å². The van der Waals surface area contributed by atoms with E-state index in [9.17, 15) is 13.2 Å². The predicted molar refractivity (Wildman–Crippen MR) is 69.7 cm³/mol. The van der Waals surface area contributed by atoms with Gasteiger partial charge in [0.15, 0.2) is 4.75 Å². The molecular weight excluding hydrogens is 254 g/mol. The summed E-state index contributed by atoms with van der Waals surface area (Å²) in [5.41, 5.74) is 0. The molecule has 0 saturated carbocycles. The fourth-order valence-electron chi connectivity index (χ4n) is 2.13. The summed E-state index contributed by atoms with van der Waals surface area (Å²) in [6.07, 6.45) is 2.73. The molecule has 1 saturated heterocycles. The van der Waals surface area contributed by atoms with Gasteiger partial charge in [0, 0.05) is 12.6 Å². The molecule has 0 amide bonds. The second kappa shape index (κ2) is 5.57. The van der Waals surface area contributed by atoms with Gasteiger partial charge in [-0.2, -0.15) is 4.31 Å². The molecule has 18 heavy (non-hydrogen) atoms. The molecule has 6 heteroatoms. The summed E-state index contributed by atoms with van der Waals surface area (Å²) in [6, 6.07) is -0.0440. The van der Waals surface area contributed by atoms with E-state index in [1.807, 2.05) is 6.92 Å². The molecule has 0 spiro atoms. The first kappa shape index (κ1) is 15.4. The number of nitrogens with zero attached hydrogens (tertiary/aromatic N) is 1. The number of esters is 1. The van der Waals surface area contributed by atoms with Gasteiger partial charge in [0.2, 0.25) is 10.0 Å². The summed E-state index contributed by atoms with van der Waals surface area (Å²) in [5, 5.41) is 0. The summed E-state index contributed by atoms with van der Waals surface area (Å²) in [4.78, 5) is 11.8. The molecule has 0 aromatic rings. The zero-order valence-electron chi connectivity index (χ0n) is 11.6. The Balaban J connectivity index is 3.00. The lowest BCUT2D eigenvalue weighted by Crippen LogP contribution is -2.54. The Morgan fingerprint density at radius 3 is 2.50 bits per heavy atom. The lowest BCUT2D eigenvalue weighted by molar-refractivity contribution is -0.145. The van der Waals surface area contributed by atoms with Crippen LogP contribution in [0, 0.1) is 0 Å². The molecule has 0 N–H and O–H groups in total. The van der Waals surface area contributed by atoms with Crippen LogP contribution >= 0.6 is 0 Å². The predicted octanol–water partition coefficient (Wildman–Crippen LogP) is 1.53. The highest BCUT2D eigenvalue weighted by atomic mass is 32.2. The van der Waals surface area contributed by atoms with Gasteiger partial charge in [-0.25, -0.2) is 8.42 Å². The number of hydrogen-bond donors (Lipinski definition) is 0. The molecule has 1 unspecified atom stereocenters. The van der Waals surface area contributed by atoms with Crippen molar-refractivity contribution < 1.29 is 17.9 Å². The highest BCUT2D eigenvalue weighted by Gasteiger charge is 2.48. The molecule has 0 aromatic carbocycles. The minimum atomic E-state index is -3.67. The molecule has 1 aliphatic rings. The van der Waals surface area contributed by atoms with E-state index in [0.717, 1.165) is 19.3 Å². The lowest BCUT2D eigenvalue weighted by Gasteiger charge is -2.37. The molecule has 5 nitrogen and oxygen atoms in total. The third-order valence-electron chi connectivity index (χ3n) is 3.46. The molecular formula is C12H23NO4S. The van der Waals surface area contributed by atoms with Gasteiger partial charge in [-0.1, -0.05) is 6.42 Å². The van der Waals surface area contributed by atoms with Crippen LogP contribution in [0.1, 0.15) is 47.0 Å². The Morgan fingerprint density at radius 2 is 2.00 bits per heavy atom. The second-order valence-electron chi connectivity index (χ2n) is 5.19. The fourth-order valence-corrected chi connectivity index (χ4v) is 3.94. The van der Waals surface area contributed by atoms with Gasteiger partial charge >= 0.3 is 5.97 Å². The molecule has 0 aliphatic carbocycles. The maximum Gasteiger partial charge on any atom is 0.328 e. The van der Waals surface area contributed by atoms with Crippen LogP contribution in [0.2, 0.25) is 0 Å². The summed E-state index contributed by atoms with van der Waals surface area (Å²) in [6.45, 7) is 7.07. The standard InChI is InChI=1S/C12H23NO4S/c1-5-17-11(14)12(3,4)18(15,16)13-9-7-6-8-10(13)2/h10H,5-9H2,1-4H3. The van der Waals surface area contributed by atoms with Crippen molar-refractivity contribution in [2.45, 2.75) is 57.7 Å². The number of hydrogen-bond acceptors (Lipinski definition) is 4. The highest BCUT2D eigenvalue weighted by molar-refractivity contribution is 7.91. The van der Waals surface area contributed by atoms with Gasteiger partial charge in [-0.3, -0.25) is 4.79 Å². The Kier molecular flexibility index (Phi) is 4.78. The Labute approximate surface area is 110 Å². The van der Waals surface area contributed by atoms with E-state index in [1.165, 1.54) is 18.2 Å². The SMILES string of the molecule is CCOC(=O)C(C)(C)S(=O)(=O)N1CCCCC1C. The molecule has 0 radical (unpaired) electrons. The fraction of sp³-hybridized carbons (Fsp3) is 0.917. The number of carbonyl (C=O) groups excluding carboxylic acids is 1. The molecule has 1 rings (SSSR count). The van der Waals surface area contributed by atoms with Crippen molar-refractivity contribution in [3.63, 3.8) is 0 Å². The van der Waals surface area contributed by atoms with Crippen LogP contribution < -0.4 is 0 Å². The Bertz CT molecular complexity index is 402. The quantitative estimate of drug-likeness (QED) is 0.731. The monoisotopic (exact) mass is 277 g/mol. The Morgan fingerprint density at radius 1 is 1.39 bits per heavy atom. The first-order valence-electron chi connectivity index (χ1n) is 6.43. The zero-order valence-corrected chi connectivity index (χ0v) is 12.4. The van der Waals surface area contributed by atoms with E-state index in [0.29, 0.717) is 6.54 Å². The maximum absolute atomic E-state index is 12.6. The largest absolute Gasteiger partial charge is 0.465 e. The van der Waals surface area contributed by atoms with Crippen molar-refractivity contribution in [2.75, 3.05) is 13.2 Å². The molecule has 1 fully saturated rings. The van der Waals surface area contributed by atoms with E-state index < -0.39 is 20.7 Å². The van der Waals surface area contributed by atoms with E-state index in [1.54, 1.807) is 6.92 Å². The van der Waals surface area contributed by atoms with E-state index in [2.05, 4.69) is 0 Å². The number of rotatable bonds is 4. The van der Waals surface area contributed by atoms with Gasteiger partial charge < -0.3 is 4.74 Å². The zero-order chi connectivity index (χ0) is 14.0. The van der Waals surface area contributed by atoms with Crippen LogP contribution in [0.3, 0.4) is 0 Å². The Hall–Kier alpha value is -0.620. The number of piperidine rings is 1. The average Bonchev–Trinajstić information content (AvgIpc) is 2.29. The lowest BCUT2D eigenvalue weighted by atomic mass is 10.1. The van der Waals surface area contributed by atoms with Crippen molar-refractivity contribution in [1.82, 2.24) is 4.31 Å². The minimum absolute atomic E-state index is 0.0440. The summed E-state index contributed by atoms with van der Waals surface area (Å²) < 4.78 is 29.9. The van der Waals surface area contributed by atoms with E-state index in [-0.39, 0.29) is 12.6 Å². The topological polar surface area (TPSA) is 63.7 Å². The maximum atomic E-state index is 12.6. The highest BCUT2D eigenvalue weighted by Crippen LogP contribution is 2.28. The van der Waals surface area contributed by atoms with Gasteiger partial charge in [-0.05, 0) is 40.5 Å². The summed E-state index contributed by atoms with van der Waals surface area (Å²) in [7, 11) is -3.67. The van der Waals surface area contributed by atoms with Crippen LogP contribution in [0.4, 0.5) is 0 Å². The van der Waals surface area contributed by atoms with Crippen molar-refractivity contribution in [1.29, 1.82) is 0 Å². The van der Waals surface area contributed by atoms with Crippen molar-refractivity contribution in [2.24, 2.45) is 0 Å². The van der Waals surface area contributed by atoms with E-state index >= 15 is 0 Å². The van der Waals surface area contributed by atoms with Crippen molar-refractivity contribution in [3.8, 4) is 0 Å². The number of ether oxygens (including phenoxy) is 1. The van der Waals surface area contributed by atoms with Gasteiger partial charge in [0.25, 0.3) is 0 Å². The smallest absolute Gasteiger partial charge is 0.328 e. The molecule has 1 aliphatic heterocycles. The van der Waals surface area contributed by atoms with Gasteiger partial charge in [0.1, 0.15) is 0 Å². The normalized spacial score (nSPS) is 22.8. The van der Waals surface area contributed by atoms with Crippen molar-refractivity contribution >= 4 is 16.0 Å². The van der Waals surface area contributed by atoms with Crippen LogP contribution in [0.5, 0.6) is 0 Å². The second-order valence-corrected chi connectivity index (χ2v) is 7.63. The molecule has 1 atom stereocenters. The van der Waals surface area contributed by atoms with Crippen LogP contribution in [-0.4, -0.2) is 42.6 Å². The first-order valence-corrected chi connectivity index (χ1v) is 7.87. The first-order chi connectivity index (χ1) is 8.25. The summed E-state index contributed by atoms with van der Waals surface area (Å²) in [5.74, 6) is -0.678. The molecule has 0 aromatic heterocycles. The molecule has 106 valence electrons. The van der Waals surface area contributed by atoms with Crippen LogP contribution in [-0.2, 0) is 19.6 Å². The van der Waals surface area contributed by atoms with Gasteiger partial charge in [-0.15, -0.1) is 0 Å². The van der Waals surface area contributed by atoms with Crippen LogP contribution in [0.25, 0.3) is 0 Å². The minimum Gasteiger partial charge on any atom is -0.465 e. The van der Waals surface area contributed by atoms with Crippen molar-refractivity contribution in [3.05, 3.63) is 0 Å². The average molecular weight is 277 g/mol. The van der Waals surface area contributed by atoms with Gasteiger partial charge in [0.05, 0.1) is 6.61 Å². The molecule has 0 bridgehead atoms. The summed E-state index contributed by atoms with van der Waals surface area (Å²) >= 11 is 0. The third kappa shape index (κ3) is 2.69. The number of carbonyl (C=O) groups is 1. The number of sulfonamides is 1. The third-order valence-corrected chi connectivity index (χ3v) is 6.08. The van der Waals surface area contributed by atoms with E-state index in [4.69, 9.17) is 4.74 Å².